The van der Waals surface area contributed by atoms with Crippen molar-refractivity contribution >= 4 is 39.8 Å². The lowest BCUT2D eigenvalue weighted by Gasteiger charge is -2.22. The average molecular weight is 477 g/mol. The summed E-state index contributed by atoms with van der Waals surface area (Å²) in [4.78, 5) is 44.3. The summed E-state index contributed by atoms with van der Waals surface area (Å²) in [5.41, 5.74) is 5.15. The number of H-pyrrole nitrogens is 1. The molecule has 3 N–H and O–H groups in total. The molecule has 2 aliphatic carbocycles. The highest BCUT2D eigenvalue weighted by Gasteiger charge is 2.28. The standard InChI is InChI=1S/C26H25ClN4O3/c1-14-11-22(33)31-25-21(32)13-20(26(34)23(14)25)28-9-4-10-29-24-16-5-2-3-6-18(16)30-19-12-15(27)7-8-17(19)24/h7-8,11-13,28H,2-6,9-10H2,1H3,(H,29,30)(H,31,33). The van der Waals surface area contributed by atoms with Crippen molar-refractivity contribution in [1.29, 1.82) is 0 Å². The van der Waals surface area contributed by atoms with Gasteiger partial charge in [0, 0.05) is 47.0 Å². The van der Waals surface area contributed by atoms with E-state index in [4.69, 9.17) is 16.6 Å². The monoisotopic (exact) mass is 476 g/mol. The molecular formula is C26H25ClN4O3. The Morgan fingerprint density at radius 3 is 2.71 bits per heavy atom. The molecule has 0 spiro atoms. The van der Waals surface area contributed by atoms with Gasteiger partial charge >= 0.3 is 0 Å². The molecule has 2 aromatic heterocycles. The van der Waals surface area contributed by atoms with Crippen molar-refractivity contribution in [2.75, 3.05) is 18.4 Å². The second kappa shape index (κ2) is 9.06. The van der Waals surface area contributed by atoms with E-state index in [2.05, 4.69) is 15.6 Å². The molecule has 7 nitrogen and oxygen atoms in total. The molecule has 2 heterocycles. The first-order valence-corrected chi connectivity index (χ1v) is 11.9. The first kappa shape index (κ1) is 22.3. The van der Waals surface area contributed by atoms with Crippen molar-refractivity contribution < 1.29 is 9.59 Å². The number of fused-ring (bicyclic) bond motifs is 3. The molecule has 8 heteroatoms. The number of ketones is 2. The number of rotatable bonds is 6. The SMILES string of the molecule is Cc1cc(=O)[nH]c2c1C(=O)C(NCCCNc1c3c(nc4cc(Cl)ccc14)CCCC3)=CC2=O. The van der Waals surface area contributed by atoms with Gasteiger partial charge in [0.25, 0.3) is 0 Å². The van der Waals surface area contributed by atoms with Gasteiger partial charge in [-0.3, -0.25) is 19.4 Å². The van der Waals surface area contributed by atoms with Crippen LogP contribution in [-0.2, 0) is 12.8 Å². The number of allylic oxidation sites excluding steroid dienone is 2. The van der Waals surface area contributed by atoms with Gasteiger partial charge in [0.2, 0.25) is 17.1 Å². The number of carbonyl (C=O) groups excluding carboxylic acids is 2. The van der Waals surface area contributed by atoms with Gasteiger partial charge in [-0.05, 0) is 68.4 Å². The van der Waals surface area contributed by atoms with Crippen LogP contribution in [0, 0.1) is 6.92 Å². The third-order valence-electron chi connectivity index (χ3n) is 6.43. The molecule has 0 aliphatic heterocycles. The smallest absolute Gasteiger partial charge is 0.248 e. The van der Waals surface area contributed by atoms with Gasteiger partial charge in [0.05, 0.1) is 16.8 Å². The van der Waals surface area contributed by atoms with Crippen molar-refractivity contribution in [3.05, 3.63) is 79.5 Å². The van der Waals surface area contributed by atoms with Crippen LogP contribution in [0.25, 0.3) is 10.9 Å². The number of hydrogen-bond acceptors (Lipinski definition) is 6. The highest BCUT2D eigenvalue weighted by molar-refractivity contribution is 6.31. The molecule has 0 radical (unpaired) electrons. The Balaban J connectivity index is 1.27. The lowest BCUT2D eigenvalue weighted by molar-refractivity contribution is 0.0974. The summed E-state index contributed by atoms with van der Waals surface area (Å²) < 4.78 is 0. The summed E-state index contributed by atoms with van der Waals surface area (Å²) in [7, 11) is 0. The summed E-state index contributed by atoms with van der Waals surface area (Å²) in [6.45, 7) is 2.88. The quantitative estimate of drug-likeness (QED) is 0.462. The van der Waals surface area contributed by atoms with E-state index in [9.17, 15) is 14.4 Å². The Morgan fingerprint density at radius 2 is 1.85 bits per heavy atom. The van der Waals surface area contributed by atoms with Crippen LogP contribution in [0.2, 0.25) is 5.02 Å². The minimum absolute atomic E-state index is 0.0664. The Bertz CT molecular complexity index is 1420. The Hall–Kier alpha value is -3.45. The first-order valence-electron chi connectivity index (χ1n) is 11.6. The maximum Gasteiger partial charge on any atom is 0.248 e. The molecule has 0 saturated carbocycles. The van der Waals surface area contributed by atoms with Gasteiger partial charge in [-0.25, -0.2) is 0 Å². The number of hydrogen-bond donors (Lipinski definition) is 3. The summed E-state index contributed by atoms with van der Waals surface area (Å²) in [6, 6.07) is 7.15. The molecule has 0 fully saturated rings. The minimum atomic E-state index is -0.388. The number of anilines is 1. The van der Waals surface area contributed by atoms with Gasteiger partial charge in [0.15, 0.2) is 0 Å². The normalized spacial score (nSPS) is 15.1. The molecule has 1 aromatic carbocycles. The highest BCUT2D eigenvalue weighted by Crippen LogP contribution is 2.34. The minimum Gasteiger partial charge on any atom is -0.384 e. The zero-order chi connectivity index (χ0) is 23.8. The number of pyridine rings is 2. The van der Waals surface area contributed by atoms with E-state index in [-0.39, 0.29) is 34.1 Å². The topological polar surface area (TPSA) is 104 Å². The fourth-order valence-corrected chi connectivity index (χ4v) is 4.99. The van der Waals surface area contributed by atoms with Crippen molar-refractivity contribution in [3.63, 3.8) is 0 Å². The third-order valence-corrected chi connectivity index (χ3v) is 6.66. The van der Waals surface area contributed by atoms with E-state index in [0.717, 1.165) is 54.4 Å². The average Bonchev–Trinajstić information content (AvgIpc) is 2.80. The van der Waals surface area contributed by atoms with E-state index in [0.29, 0.717) is 23.7 Å². The molecule has 0 saturated heterocycles. The maximum atomic E-state index is 12.9. The fourth-order valence-electron chi connectivity index (χ4n) is 4.83. The number of aromatic amines is 1. The molecule has 0 amide bonds. The van der Waals surface area contributed by atoms with Crippen LogP contribution in [0.4, 0.5) is 5.69 Å². The number of Topliss-reactive ketones (excluding diaryl/α,β-unsaturated/α-hetero) is 1. The van der Waals surface area contributed by atoms with Gasteiger partial charge < -0.3 is 15.6 Å². The predicted molar refractivity (Wildman–Crippen MR) is 133 cm³/mol. The van der Waals surface area contributed by atoms with Crippen LogP contribution < -0.4 is 16.2 Å². The van der Waals surface area contributed by atoms with Crippen LogP contribution >= 0.6 is 11.6 Å². The number of benzene rings is 1. The number of aryl methyl sites for hydroxylation is 2. The molecule has 0 atom stereocenters. The number of nitrogens with zero attached hydrogens (tertiary/aromatic N) is 1. The molecular weight excluding hydrogens is 452 g/mol. The van der Waals surface area contributed by atoms with Crippen molar-refractivity contribution in [3.8, 4) is 0 Å². The second-order valence-corrected chi connectivity index (χ2v) is 9.24. The maximum absolute atomic E-state index is 12.9. The number of halogens is 1. The van der Waals surface area contributed by atoms with Crippen molar-refractivity contribution in [1.82, 2.24) is 15.3 Å². The van der Waals surface area contributed by atoms with E-state index in [1.807, 2.05) is 18.2 Å². The molecule has 5 rings (SSSR count). The lowest BCUT2D eigenvalue weighted by Crippen LogP contribution is -2.31. The van der Waals surface area contributed by atoms with Gasteiger partial charge in [-0.2, -0.15) is 0 Å². The van der Waals surface area contributed by atoms with Crippen LogP contribution in [0.3, 0.4) is 0 Å². The predicted octanol–water partition coefficient (Wildman–Crippen LogP) is 4.12. The summed E-state index contributed by atoms with van der Waals surface area (Å²) in [6.07, 6.45) is 6.29. The van der Waals surface area contributed by atoms with E-state index >= 15 is 0 Å². The molecule has 0 unspecified atom stereocenters. The van der Waals surface area contributed by atoms with Crippen LogP contribution in [0.5, 0.6) is 0 Å². The summed E-state index contributed by atoms with van der Waals surface area (Å²) >= 11 is 6.20. The van der Waals surface area contributed by atoms with Crippen molar-refractivity contribution in [2.45, 2.75) is 39.0 Å². The molecule has 3 aromatic rings. The Labute approximate surface area is 201 Å². The summed E-state index contributed by atoms with van der Waals surface area (Å²) in [5, 5.41) is 8.43. The molecule has 34 heavy (non-hydrogen) atoms. The highest BCUT2D eigenvalue weighted by atomic mass is 35.5. The van der Waals surface area contributed by atoms with Gasteiger partial charge in [-0.1, -0.05) is 11.6 Å². The number of aromatic nitrogens is 2. The molecule has 2 aliphatic rings. The Kier molecular flexibility index (Phi) is 5.96. The van der Waals surface area contributed by atoms with Crippen LogP contribution in [0.1, 0.15) is 56.9 Å². The second-order valence-electron chi connectivity index (χ2n) is 8.81. The number of nitrogens with one attached hydrogen (secondary N) is 3. The fraction of sp³-hybridized carbons (Fsp3) is 0.308. The summed E-state index contributed by atoms with van der Waals surface area (Å²) in [5.74, 6) is -0.646. The van der Waals surface area contributed by atoms with E-state index in [1.54, 1.807) is 6.92 Å². The zero-order valence-corrected chi connectivity index (χ0v) is 19.6. The zero-order valence-electron chi connectivity index (χ0n) is 18.9. The first-order chi connectivity index (χ1) is 16.4. The molecule has 0 bridgehead atoms. The van der Waals surface area contributed by atoms with Gasteiger partial charge in [-0.15, -0.1) is 0 Å². The Morgan fingerprint density at radius 1 is 1.06 bits per heavy atom. The third kappa shape index (κ3) is 4.12. The lowest BCUT2D eigenvalue weighted by atomic mass is 9.92. The van der Waals surface area contributed by atoms with E-state index < -0.39 is 0 Å². The van der Waals surface area contributed by atoms with Gasteiger partial charge in [0.1, 0.15) is 5.69 Å². The number of carbonyl (C=O) groups is 2. The molecule has 174 valence electrons. The van der Waals surface area contributed by atoms with Crippen molar-refractivity contribution in [2.24, 2.45) is 0 Å². The van der Waals surface area contributed by atoms with Crippen LogP contribution in [0.15, 0.2) is 40.8 Å². The largest absolute Gasteiger partial charge is 0.384 e. The van der Waals surface area contributed by atoms with Crippen LogP contribution in [-0.4, -0.2) is 34.6 Å². The van der Waals surface area contributed by atoms with E-state index in [1.165, 1.54) is 17.7 Å².